The van der Waals surface area contributed by atoms with Crippen LogP contribution in [0.4, 0.5) is 10.5 Å². The average molecular weight is 429 g/mol. The lowest BCUT2D eigenvalue weighted by Gasteiger charge is -2.32. The minimum absolute atomic E-state index is 0.0238. The number of likely N-dealkylation sites (tertiary alicyclic amines) is 1. The van der Waals surface area contributed by atoms with E-state index in [-0.39, 0.29) is 28.9 Å². The third kappa shape index (κ3) is 3.59. The second-order valence-corrected chi connectivity index (χ2v) is 9.58. The highest BCUT2D eigenvalue weighted by Gasteiger charge is 2.47. The van der Waals surface area contributed by atoms with Crippen LogP contribution in [0.1, 0.15) is 12.8 Å². The van der Waals surface area contributed by atoms with E-state index >= 15 is 0 Å². The van der Waals surface area contributed by atoms with Gasteiger partial charge in [-0.2, -0.15) is 0 Å². The second kappa shape index (κ2) is 7.48. The summed E-state index contributed by atoms with van der Waals surface area (Å²) in [6.07, 6.45) is 1.42. The van der Waals surface area contributed by atoms with Crippen LogP contribution < -0.4 is 19.5 Å². The predicted octanol–water partition coefficient (Wildman–Crippen LogP) is 2.43. The molecule has 2 heterocycles. The van der Waals surface area contributed by atoms with Crippen molar-refractivity contribution in [1.29, 1.82) is 0 Å². The number of fused-ring (bicyclic) bond motifs is 3. The van der Waals surface area contributed by atoms with E-state index in [1.807, 2.05) is 0 Å². The molecule has 1 saturated heterocycles. The number of hydrogen-bond donors (Lipinski definition) is 2. The summed E-state index contributed by atoms with van der Waals surface area (Å²) in [4.78, 5) is 14.9. The van der Waals surface area contributed by atoms with Gasteiger partial charge in [0.15, 0.2) is 11.5 Å². The normalized spacial score (nSPS) is 24.7. The molecule has 2 aliphatic heterocycles. The molecule has 2 bridgehead atoms. The van der Waals surface area contributed by atoms with Crippen molar-refractivity contribution >= 4 is 21.7 Å². The molecule has 2 amide bonds. The molecule has 0 aromatic heterocycles. The second-order valence-electron chi connectivity index (χ2n) is 7.87. The van der Waals surface area contributed by atoms with E-state index in [1.54, 1.807) is 53.4 Å². The molecule has 8 nitrogen and oxygen atoms in total. The van der Waals surface area contributed by atoms with Crippen molar-refractivity contribution in [2.24, 2.45) is 5.92 Å². The van der Waals surface area contributed by atoms with Crippen molar-refractivity contribution in [3.63, 3.8) is 0 Å². The van der Waals surface area contributed by atoms with Crippen molar-refractivity contribution in [1.82, 2.24) is 9.62 Å². The van der Waals surface area contributed by atoms with Crippen LogP contribution in [0.25, 0.3) is 0 Å². The molecule has 30 heavy (non-hydrogen) atoms. The van der Waals surface area contributed by atoms with Crippen LogP contribution >= 0.6 is 0 Å². The topological polar surface area (TPSA) is 97.0 Å². The molecule has 0 unspecified atom stereocenters. The van der Waals surface area contributed by atoms with Gasteiger partial charge in [0.1, 0.15) is 13.2 Å². The Morgan fingerprint density at radius 2 is 1.77 bits per heavy atom. The van der Waals surface area contributed by atoms with Gasteiger partial charge in [-0.25, -0.2) is 17.9 Å². The minimum Gasteiger partial charge on any atom is -0.486 e. The lowest BCUT2D eigenvalue weighted by atomic mass is 10.0. The van der Waals surface area contributed by atoms with Gasteiger partial charge in [-0.3, -0.25) is 0 Å². The van der Waals surface area contributed by atoms with Gasteiger partial charge in [0.2, 0.25) is 10.0 Å². The molecule has 2 aromatic carbocycles. The van der Waals surface area contributed by atoms with Crippen molar-refractivity contribution < 1.29 is 22.7 Å². The summed E-state index contributed by atoms with van der Waals surface area (Å²) in [5.41, 5.74) is 0.647. The zero-order chi connectivity index (χ0) is 20.7. The van der Waals surface area contributed by atoms with E-state index in [2.05, 4.69) is 10.0 Å². The molecule has 3 aliphatic rings. The molecule has 2 N–H and O–H groups in total. The predicted molar refractivity (Wildman–Crippen MR) is 110 cm³/mol. The molecular formula is C21H23N3O5S. The van der Waals surface area contributed by atoms with Gasteiger partial charge in [-0.05, 0) is 43.0 Å². The number of ether oxygens (including phenoxy) is 2. The lowest BCUT2D eigenvalue weighted by molar-refractivity contribution is 0.171. The molecule has 3 atom stereocenters. The summed E-state index contributed by atoms with van der Waals surface area (Å²) in [5, 5.41) is 2.92. The van der Waals surface area contributed by atoms with Crippen LogP contribution in [0.15, 0.2) is 53.4 Å². The maximum Gasteiger partial charge on any atom is 0.322 e. The molecule has 1 aliphatic carbocycles. The van der Waals surface area contributed by atoms with Crippen LogP contribution in [0.3, 0.4) is 0 Å². The van der Waals surface area contributed by atoms with Gasteiger partial charge in [0, 0.05) is 30.4 Å². The zero-order valence-electron chi connectivity index (χ0n) is 16.3. The number of hydrogen-bond acceptors (Lipinski definition) is 5. The van der Waals surface area contributed by atoms with Gasteiger partial charge in [0.05, 0.1) is 4.90 Å². The molecule has 1 saturated carbocycles. The standard InChI is InChI=1S/C21H23N3O5S/c25-21(22-15-6-7-19-20(11-15)29-9-8-28-19)24-13-14-10-16(24)12-18(14)23-30(26,27)17-4-2-1-3-5-17/h1-7,11,14,16,18,23H,8-10,12-13H2,(H,22,25)/t14-,16-,18-/m0/s1. The summed E-state index contributed by atoms with van der Waals surface area (Å²) >= 11 is 0. The van der Waals surface area contributed by atoms with Gasteiger partial charge >= 0.3 is 6.03 Å². The van der Waals surface area contributed by atoms with Crippen LogP contribution in [0, 0.1) is 5.92 Å². The Morgan fingerprint density at radius 1 is 1.00 bits per heavy atom. The van der Waals surface area contributed by atoms with E-state index in [1.165, 1.54) is 0 Å². The van der Waals surface area contributed by atoms with Crippen molar-refractivity contribution in [2.45, 2.75) is 29.8 Å². The minimum atomic E-state index is -3.56. The van der Waals surface area contributed by atoms with Crippen LogP contribution in [0.5, 0.6) is 11.5 Å². The van der Waals surface area contributed by atoms with E-state index in [0.29, 0.717) is 43.4 Å². The number of piperidine rings is 1. The van der Waals surface area contributed by atoms with Gasteiger partial charge in [-0.1, -0.05) is 18.2 Å². The monoisotopic (exact) mass is 429 g/mol. The van der Waals surface area contributed by atoms with Crippen molar-refractivity contribution in [2.75, 3.05) is 25.1 Å². The first-order valence-electron chi connectivity index (χ1n) is 10.0. The fourth-order valence-corrected chi connectivity index (χ4v) is 5.87. The van der Waals surface area contributed by atoms with E-state index in [4.69, 9.17) is 9.47 Å². The third-order valence-corrected chi connectivity index (χ3v) is 7.46. The number of carbonyl (C=O) groups excluding carboxylic acids is 1. The first kappa shape index (κ1) is 19.2. The van der Waals surface area contributed by atoms with Crippen LogP contribution in [-0.2, 0) is 10.0 Å². The molecule has 2 aromatic rings. The number of benzene rings is 2. The number of anilines is 1. The summed E-state index contributed by atoms with van der Waals surface area (Å²) in [5.74, 6) is 1.41. The highest BCUT2D eigenvalue weighted by atomic mass is 32.2. The van der Waals surface area contributed by atoms with Crippen LogP contribution in [-0.4, -0.2) is 51.2 Å². The average Bonchev–Trinajstić information content (AvgIpc) is 3.34. The maximum absolute atomic E-state index is 12.8. The molecule has 158 valence electrons. The van der Waals surface area contributed by atoms with Crippen molar-refractivity contribution in [3.05, 3.63) is 48.5 Å². The molecule has 2 fully saturated rings. The quantitative estimate of drug-likeness (QED) is 0.778. The molecular weight excluding hydrogens is 406 g/mol. The molecule has 5 rings (SSSR count). The summed E-state index contributed by atoms with van der Waals surface area (Å²) in [7, 11) is -3.56. The first-order valence-corrected chi connectivity index (χ1v) is 11.5. The Bertz CT molecular complexity index is 1060. The summed E-state index contributed by atoms with van der Waals surface area (Å²) in [6.45, 7) is 1.54. The van der Waals surface area contributed by atoms with Gasteiger partial charge in [0.25, 0.3) is 0 Å². The fraction of sp³-hybridized carbons (Fsp3) is 0.381. The van der Waals surface area contributed by atoms with E-state index in [0.717, 1.165) is 6.42 Å². The Labute approximate surface area is 175 Å². The lowest BCUT2D eigenvalue weighted by Crippen LogP contribution is -2.48. The number of amides is 2. The number of carbonyl (C=O) groups is 1. The largest absolute Gasteiger partial charge is 0.486 e. The van der Waals surface area contributed by atoms with E-state index in [9.17, 15) is 13.2 Å². The van der Waals surface area contributed by atoms with E-state index < -0.39 is 10.0 Å². The number of sulfonamides is 1. The highest BCUT2D eigenvalue weighted by molar-refractivity contribution is 7.89. The number of nitrogens with one attached hydrogen (secondary N) is 2. The maximum atomic E-state index is 12.8. The number of urea groups is 1. The SMILES string of the molecule is O=C(Nc1ccc2c(c1)OCCO2)N1C[C@@H]2C[C@H]1C[C@@H]2NS(=O)(=O)c1ccccc1. The smallest absolute Gasteiger partial charge is 0.322 e. The Kier molecular flexibility index (Phi) is 4.79. The highest BCUT2D eigenvalue weighted by Crippen LogP contribution is 2.39. The Morgan fingerprint density at radius 3 is 2.50 bits per heavy atom. The Balaban J connectivity index is 1.21. The Hall–Kier alpha value is -2.78. The van der Waals surface area contributed by atoms with Gasteiger partial charge < -0.3 is 19.7 Å². The number of rotatable bonds is 4. The first-order chi connectivity index (χ1) is 14.5. The molecule has 9 heteroatoms. The zero-order valence-corrected chi connectivity index (χ0v) is 17.1. The number of nitrogens with zero attached hydrogens (tertiary/aromatic N) is 1. The fourth-order valence-electron chi connectivity index (χ4n) is 4.53. The molecule has 0 radical (unpaired) electrons. The third-order valence-electron chi connectivity index (χ3n) is 5.96. The summed E-state index contributed by atoms with van der Waals surface area (Å²) < 4.78 is 39.1. The van der Waals surface area contributed by atoms with Gasteiger partial charge in [-0.15, -0.1) is 0 Å². The summed E-state index contributed by atoms with van der Waals surface area (Å²) in [6, 6.07) is 13.4. The molecule has 0 spiro atoms. The van der Waals surface area contributed by atoms with Crippen LogP contribution in [0.2, 0.25) is 0 Å². The van der Waals surface area contributed by atoms with Crippen molar-refractivity contribution in [3.8, 4) is 11.5 Å².